The molecule has 1 aromatic rings. The molecule has 6 heteroatoms. The van der Waals surface area contributed by atoms with Gasteiger partial charge in [-0.2, -0.15) is 0 Å². The van der Waals surface area contributed by atoms with E-state index < -0.39 is 11.9 Å². The second-order valence-electron chi connectivity index (χ2n) is 5.51. The van der Waals surface area contributed by atoms with Crippen molar-refractivity contribution in [3.63, 3.8) is 0 Å². The number of ketones is 1. The van der Waals surface area contributed by atoms with Crippen LogP contribution in [-0.4, -0.2) is 18.4 Å². The van der Waals surface area contributed by atoms with Crippen LogP contribution in [0, 0.1) is 11.8 Å². The molecule has 1 fully saturated rings. The fourth-order valence-corrected chi connectivity index (χ4v) is 3.78. The maximum Gasteiger partial charge on any atom is 0.317 e. The Morgan fingerprint density at radius 3 is 2.78 bits per heavy atom. The Kier molecular flexibility index (Phi) is 6.69. The molecule has 23 heavy (non-hydrogen) atoms. The average molecular weight is 420 g/mol. The lowest BCUT2D eigenvalue weighted by Gasteiger charge is -2.32. The highest BCUT2D eigenvalue weighted by molar-refractivity contribution is 9.10. The number of carbonyl (C=O) groups is 2. The van der Waals surface area contributed by atoms with E-state index in [1.165, 1.54) is 0 Å². The van der Waals surface area contributed by atoms with Crippen LogP contribution in [0.1, 0.15) is 31.2 Å². The summed E-state index contributed by atoms with van der Waals surface area (Å²) >= 11 is 15.0. The number of hydrogen-bond donors (Lipinski definition) is 0. The second kappa shape index (κ2) is 8.32. The highest BCUT2D eigenvalue weighted by Crippen LogP contribution is 2.40. The molecule has 1 saturated carbocycles. The third-order valence-electron chi connectivity index (χ3n) is 3.98. The Morgan fingerprint density at radius 1 is 1.43 bits per heavy atom. The normalized spacial score (nSPS) is 24.2. The van der Waals surface area contributed by atoms with Crippen molar-refractivity contribution in [1.29, 1.82) is 0 Å². The van der Waals surface area contributed by atoms with Crippen LogP contribution in [0.4, 0.5) is 0 Å². The summed E-state index contributed by atoms with van der Waals surface area (Å²) in [5, 5.41) is 0. The molecular weight excluding hydrogens is 403 g/mol. The minimum Gasteiger partial charge on any atom is -0.465 e. The number of Topliss-reactive ketones (excluding diaryl/α,β-unsaturated/α-hetero) is 1. The minimum atomic E-state index is -0.828. The van der Waals surface area contributed by atoms with E-state index in [0.717, 1.165) is 10.0 Å². The van der Waals surface area contributed by atoms with Gasteiger partial charge in [-0.3, -0.25) is 9.59 Å². The fraction of sp³-hybridized carbons (Fsp3) is 0.412. The topological polar surface area (TPSA) is 43.4 Å². The molecule has 1 aliphatic carbocycles. The fourth-order valence-electron chi connectivity index (χ4n) is 3.04. The van der Waals surface area contributed by atoms with Gasteiger partial charge in [-0.1, -0.05) is 51.3 Å². The van der Waals surface area contributed by atoms with Gasteiger partial charge in [-0.15, -0.1) is 0 Å². The number of carbonyl (C=O) groups excluding carboxylic acids is 2. The molecule has 1 aliphatic rings. The van der Waals surface area contributed by atoms with Gasteiger partial charge in [0.25, 0.3) is 0 Å². The maximum atomic E-state index is 12.5. The highest BCUT2D eigenvalue weighted by atomic mass is 79.9. The predicted molar refractivity (Wildman–Crippen MR) is 94.5 cm³/mol. The van der Waals surface area contributed by atoms with Gasteiger partial charge >= 0.3 is 5.97 Å². The summed E-state index contributed by atoms with van der Waals surface area (Å²) in [7, 11) is 0. The van der Waals surface area contributed by atoms with Crippen molar-refractivity contribution in [2.24, 2.45) is 11.8 Å². The van der Waals surface area contributed by atoms with Crippen molar-refractivity contribution >= 4 is 50.9 Å². The zero-order chi connectivity index (χ0) is 17.0. The van der Waals surface area contributed by atoms with Crippen molar-refractivity contribution in [2.45, 2.75) is 25.7 Å². The number of esters is 1. The maximum absolute atomic E-state index is 12.5. The van der Waals surface area contributed by atoms with Gasteiger partial charge in [0.05, 0.1) is 6.61 Å². The first-order chi connectivity index (χ1) is 10.9. The van der Waals surface area contributed by atoms with Crippen molar-refractivity contribution in [3.05, 3.63) is 44.9 Å². The standard InChI is InChI=1S/C17H17BrCl2O3/c1-2-23-17(22)16-12(9-15(19)20)6-11(8-14(16)21)10-4-3-5-13(18)7-10/h3-5,7,9,11-12,16H,2,6,8H2,1H3. The van der Waals surface area contributed by atoms with Gasteiger partial charge < -0.3 is 4.74 Å². The second-order valence-corrected chi connectivity index (χ2v) is 7.43. The van der Waals surface area contributed by atoms with Crippen LogP contribution in [0.2, 0.25) is 0 Å². The lowest BCUT2D eigenvalue weighted by molar-refractivity contribution is -0.154. The molecule has 0 aromatic heterocycles. The van der Waals surface area contributed by atoms with E-state index in [0.29, 0.717) is 12.8 Å². The molecule has 0 radical (unpaired) electrons. The number of hydrogen-bond acceptors (Lipinski definition) is 3. The summed E-state index contributed by atoms with van der Waals surface area (Å²) in [6.07, 6.45) is 2.51. The van der Waals surface area contributed by atoms with Crippen LogP contribution >= 0.6 is 39.1 Å². The van der Waals surface area contributed by atoms with Gasteiger partial charge in [0, 0.05) is 16.8 Å². The van der Waals surface area contributed by atoms with E-state index in [-0.39, 0.29) is 28.7 Å². The highest BCUT2D eigenvalue weighted by Gasteiger charge is 2.41. The third kappa shape index (κ3) is 4.82. The van der Waals surface area contributed by atoms with E-state index in [2.05, 4.69) is 15.9 Å². The monoisotopic (exact) mass is 418 g/mol. The van der Waals surface area contributed by atoms with Crippen molar-refractivity contribution in [3.8, 4) is 0 Å². The smallest absolute Gasteiger partial charge is 0.317 e. The van der Waals surface area contributed by atoms with Crippen LogP contribution in [0.3, 0.4) is 0 Å². The molecule has 0 spiro atoms. The molecule has 0 saturated heterocycles. The first-order valence-corrected chi connectivity index (χ1v) is 8.95. The first-order valence-electron chi connectivity index (χ1n) is 7.40. The van der Waals surface area contributed by atoms with Crippen molar-refractivity contribution < 1.29 is 14.3 Å². The number of rotatable bonds is 4. The van der Waals surface area contributed by atoms with E-state index in [4.69, 9.17) is 27.9 Å². The molecule has 3 unspecified atom stereocenters. The summed E-state index contributed by atoms with van der Waals surface area (Å²) in [6.45, 7) is 1.96. The van der Waals surface area contributed by atoms with Gasteiger partial charge in [-0.25, -0.2) is 0 Å². The number of allylic oxidation sites excluding steroid dienone is 1. The quantitative estimate of drug-likeness (QED) is 0.508. The zero-order valence-corrected chi connectivity index (χ0v) is 15.7. The summed E-state index contributed by atoms with van der Waals surface area (Å²) in [4.78, 5) is 24.7. The molecule has 0 N–H and O–H groups in total. The molecule has 0 bridgehead atoms. The van der Waals surface area contributed by atoms with Gasteiger partial charge in [0.2, 0.25) is 0 Å². The minimum absolute atomic E-state index is 0.0274. The number of benzene rings is 1. The van der Waals surface area contributed by atoms with E-state index in [1.54, 1.807) is 13.0 Å². The van der Waals surface area contributed by atoms with Gasteiger partial charge in [0.1, 0.15) is 16.2 Å². The van der Waals surface area contributed by atoms with E-state index in [9.17, 15) is 9.59 Å². The zero-order valence-electron chi connectivity index (χ0n) is 12.6. The largest absolute Gasteiger partial charge is 0.465 e. The van der Waals surface area contributed by atoms with Gasteiger partial charge in [0.15, 0.2) is 0 Å². The molecule has 0 heterocycles. The van der Waals surface area contributed by atoms with Crippen LogP contribution in [0.5, 0.6) is 0 Å². The molecule has 2 rings (SSSR count). The first kappa shape index (κ1) is 18.5. The number of ether oxygens (including phenoxy) is 1. The van der Waals surface area contributed by atoms with Crippen LogP contribution < -0.4 is 0 Å². The summed E-state index contributed by atoms with van der Waals surface area (Å²) in [5.74, 6) is -1.79. The lowest BCUT2D eigenvalue weighted by Crippen LogP contribution is -2.38. The molecule has 3 nitrogen and oxygen atoms in total. The molecule has 3 atom stereocenters. The lowest BCUT2D eigenvalue weighted by atomic mass is 9.71. The summed E-state index contributed by atoms with van der Waals surface area (Å²) in [5.41, 5.74) is 1.05. The van der Waals surface area contributed by atoms with Crippen molar-refractivity contribution in [2.75, 3.05) is 6.61 Å². The van der Waals surface area contributed by atoms with E-state index in [1.807, 2.05) is 24.3 Å². The average Bonchev–Trinajstić information content (AvgIpc) is 2.46. The van der Waals surface area contributed by atoms with Crippen LogP contribution in [-0.2, 0) is 14.3 Å². The summed E-state index contributed by atoms with van der Waals surface area (Å²) in [6, 6.07) is 7.84. The van der Waals surface area contributed by atoms with Crippen LogP contribution in [0.25, 0.3) is 0 Å². The Labute approximate surface area is 154 Å². The molecule has 0 amide bonds. The SMILES string of the molecule is CCOC(=O)C1C(=O)CC(c2cccc(Br)c2)CC1C=C(Cl)Cl. The predicted octanol–water partition coefficient (Wildman–Crippen LogP) is 5.01. The Morgan fingerprint density at radius 2 is 2.17 bits per heavy atom. The van der Waals surface area contributed by atoms with Crippen LogP contribution in [0.15, 0.2) is 39.3 Å². The summed E-state index contributed by atoms with van der Waals surface area (Å²) < 4.78 is 6.06. The molecule has 1 aromatic carbocycles. The number of halogens is 3. The van der Waals surface area contributed by atoms with Gasteiger partial charge in [-0.05, 0) is 43.0 Å². The van der Waals surface area contributed by atoms with Crippen molar-refractivity contribution in [1.82, 2.24) is 0 Å². The third-order valence-corrected chi connectivity index (χ3v) is 4.73. The molecule has 124 valence electrons. The Bertz CT molecular complexity index is 626. The molecule has 0 aliphatic heterocycles. The Balaban J connectivity index is 2.29. The molecular formula is C17H17BrCl2O3. The van der Waals surface area contributed by atoms with E-state index >= 15 is 0 Å². The Hall–Kier alpha value is -0.840.